The summed E-state index contributed by atoms with van der Waals surface area (Å²) in [7, 11) is 4.47. The van der Waals surface area contributed by atoms with Crippen LogP contribution in [0.5, 0.6) is 17.2 Å². The fourth-order valence-electron chi connectivity index (χ4n) is 3.08. The zero-order valence-corrected chi connectivity index (χ0v) is 19.5. The number of carbonyl (C=O) groups excluding carboxylic acids is 2. The Kier molecular flexibility index (Phi) is 7.56. The Bertz CT molecular complexity index is 1140. The minimum atomic E-state index is -1.18. The van der Waals surface area contributed by atoms with Gasteiger partial charge in [0.1, 0.15) is 10.9 Å². The average molecular weight is 489 g/mol. The zero-order chi connectivity index (χ0) is 24.1. The first-order valence-electron chi connectivity index (χ1n) is 9.46. The van der Waals surface area contributed by atoms with Crippen LogP contribution in [0, 0.1) is 0 Å². The second kappa shape index (κ2) is 10.4. The molecule has 0 unspecified atom stereocenters. The summed E-state index contributed by atoms with van der Waals surface area (Å²) < 4.78 is 16.2. The number of ether oxygens (including phenoxy) is 3. The van der Waals surface area contributed by atoms with Crippen molar-refractivity contribution in [3.8, 4) is 17.2 Å². The minimum absolute atomic E-state index is 0.0569. The molecule has 1 heterocycles. The van der Waals surface area contributed by atoms with Gasteiger partial charge in [-0.3, -0.25) is 14.5 Å². The molecule has 33 heavy (non-hydrogen) atoms. The van der Waals surface area contributed by atoms with E-state index in [-0.39, 0.29) is 22.1 Å². The summed E-state index contributed by atoms with van der Waals surface area (Å²) in [6.07, 6.45) is 1.61. The number of anilines is 1. The molecular weight excluding hydrogens is 468 g/mol. The van der Waals surface area contributed by atoms with E-state index in [4.69, 9.17) is 26.4 Å². The van der Waals surface area contributed by atoms with E-state index in [9.17, 15) is 19.5 Å². The van der Waals surface area contributed by atoms with Crippen LogP contribution in [0.25, 0.3) is 6.08 Å². The van der Waals surface area contributed by atoms with Crippen molar-refractivity contribution in [2.24, 2.45) is 0 Å². The van der Waals surface area contributed by atoms with E-state index in [1.807, 2.05) is 0 Å². The van der Waals surface area contributed by atoms with Gasteiger partial charge in [-0.05, 0) is 35.9 Å². The molecule has 0 bridgehead atoms. The van der Waals surface area contributed by atoms with Crippen LogP contribution >= 0.6 is 24.0 Å². The first-order chi connectivity index (χ1) is 15.8. The summed E-state index contributed by atoms with van der Waals surface area (Å²) in [6.45, 7) is -0.356. The number of amides is 2. The fourth-order valence-corrected chi connectivity index (χ4v) is 4.34. The van der Waals surface area contributed by atoms with Gasteiger partial charge in [0, 0.05) is 0 Å². The molecule has 3 rings (SSSR count). The standard InChI is InChI=1S/C22H20N2O7S2/c1-29-15-8-12(9-16(30-2)19(15)31-3)10-17-20(26)24(22(32)33-17)11-18(25)23-14-7-5-4-6-13(14)21(27)28/h4-10H,11H2,1-3H3,(H,23,25)(H,27,28). The molecule has 172 valence electrons. The number of nitrogens with one attached hydrogen (secondary N) is 1. The molecule has 2 aromatic rings. The van der Waals surface area contributed by atoms with Gasteiger partial charge in [-0.25, -0.2) is 4.79 Å². The number of methoxy groups -OCH3 is 3. The van der Waals surface area contributed by atoms with E-state index in [1.165, 1.54) is 33.5 Å². The van der Waals surface area contributed by atoms with Crippen molar-refractivity contribution in [1.29, 1.82) is 0 Å². The van der Waals surface area contributed by atoms with E-state index in [0.29, 0.717) is 27.7 Å². The Balaban J connectivity index is 1.79. The normalized spacial score (nSPS) is 14.4. The third-order valence-corrected chi connectivity index (χ3v) is 5.97. The SMILES string of the molecule is COc1cc(C=C2SC(=S)N(CC(=O)Nc3ccccc3C(=O)O)C2=O)cc(OC)c1OC. The van der Waals surface area contributed by atoms with Crippen LogP contribution in [0.2, 0.25) is 0 Å². The molecule has 1 fully saturated rings. The number of carboxylic acid groups (broad SMARTS) is 1. The van der Waals surface area contributed by atoms with E-state index >= 15 is 0 Å². The van der Waals surface area contributed by atoms with Crippen molar-refractivity contribution in [3.63, 3.8) is 0 Å². The number of aromatic carboxylic acids is 1. The molecule has 0 radical (unpaired) electrons. The van der Waals surface area contributed by atoms with Gasteiger partial charge in [-0.1, -0.05) is 36.1 Å². The molecule has 0 saturated carbocycles. The second-order valence-electron chi connectivity index (χ2n) is 6.63. The Morgan fingerprint density at radius 1 is 1.12 bits per heavy atom. The largest absolute Gasteiger partial charge is 0.493 e. The van der Waals surface area contributed by atoms with Crippen LogP contribution in [0.1, 0.15) is 15.9 Å². The van der Waals surface area contributed by atoms with E-state index < -0.39 is 17.8 Å². The van der Waals surface area contributed by atoms with Crippen molar-refractivity contribution < 1.29 is 33.7 Å². The smallest absolute Gasteiger partial charge is 0.337 e. The quantitative estimate of drug-likeness (QED) is 0.427. The molecule has 2 aromatic carbocycles. The van der Waals surface area contributed by atoms with Crippen LogP contribution in [0.15, 0.2) is 41.3 Å². The molecule has 0 aliphatic carbocycles. The van der Waals surface area contributed by atoms with Crippen LogP contribution in [-0.2, 0) is 9.59 Å². The molecular formula is C22H20N2O7S2. The van der Waals surface area contributed by atoms with Gasteiger partial charge in [0.05, 0.1) is 37.5 Å². The molecule has 0 spiro atoms. The maximum Gasteiger partial charge on any atom is 0.337 e. The summed E-state index contributed by atoms with van der Waals surface area (Å²) in [5.41, 5.74) is 0.691. The van der Waals surface area contributed by atoms with Gasteiger partial charge in [-0.15, -0.1) is 0 Å². The predicted molar refractivity (Wildman–Crippen MR) is 128 cm³/mol. The van der Waals surface area contributed by atoms with Gasteiger partial charge in [-0.2, -0.15) is 0 Å². The number of carbonyl (C=O) groups is 3. The monoisotopic (exact) mass is 488 g/mol. The predicted octanol–water partition coefficient (Wildman–Crippen LogP) is 3.25. The summed E-state index contributed by atoms with van der Waals surface area (Å²) >= 11 is 6.33. The topological polar surface area (TPSA) is 114 Å². The van der Waals surface area contributed by atoms with E-state index in [0.717, 1.165) is 16.7 Å². The Morgan fingerprint density at radius 2 is 1.76 bits per heavy atom. The Labute approximate surface area is 199 Å². The highest BCUT2D eigenvalue weighted by Gasteiger charge is 2.33. The molecule has 0 atom stereocenters. The molecule has 11 heteroatoms. The lowest BCUT2D eigenvalue weighted by Gasteiger charge is -2.15. The summed E-state index contributed by atoms with van der Waals surface area (Å²) in [5.74, 6) is -0.924. The Morgan fingerprint density at radius 3 is 2.33 bits per heavy atom. The lowest BCUT2D eigenvalue weighted by atomic mass is 10.1. The second-order valence-corrected chi connectivity index (χ2v) is 8.30. The number of thioether (sulfide) groups is 1. The number of hydrogen-bond donors (Lipinski definition) is 2. The highest BCUT2D eigenvalue weighted by molar-refractivity contribution is 8.26. The third-order valence-electron chi connectivity index (χ3n) is 4.59. The molecule has 1 aliphatic rings. The van der Waals surface area contributed by atoms with Gasteiger partial charge in [0.15, 0.2) is 11.5 Å². The maximum absolute atomic E-state index is 12.9. The van der Waals surface area contributed by atoms with Crippen LogP contribution in [0.3, 0.4) is 0 Å². The summed E-state index contributed by atoms with van der Waals surface area (Å²) in [6, 6.07) is 9.36. The number of hydrogen-bond acceptors (Lipinski definition) is 8. The van der Waals surface area contributed by atoms with Crippen LogP contribution < -0.4 is 19.5 Å². The number of rotatable bonds is 8. The first-order valence-corrected chi connectivity index (χ1v) is 10.7. The van der Waals surface area contributed by atoms with Crippen molar-refractivity contribution in [2.45, 2.75) is 0 Å². The number of nitrogens with zero attached hydrogens (tertiary/aromatic N) is 1. The average Bonchev–Trinajstić information content (AvgIpc) is 3.05. The van der Waals surface area contributed by atoms with E-state index in [1.54, 1.807) is 30.3 Å². The maximum atomic E-state index is 12.9. The zero-order valence-electron chi connectivity index (χ0n) is 17.9. The lowest BCUT2D eigenvalue weighted by molar-refractivity contribution is -0.126. The number of thiocarbonyl (C=S) groups is 1. The van der Waals surface area contributed by atoms with Crippen LogP contribution in [-0.4, -0.2) is 60.0 Å². The number of benzene rings is 2. The molecule has 0 aromatic heterocycles. The summed E-state index contributed by atoms with van der Waals surface area (Å²) in [4.78, 5) is 38.2. The van der Waals surface area contributed by atoms with Crippen molar-refractivity contribution in [2.75, 3.05) is 33.2 Å². The highest BCUT2D eigenvalue weighted by Crippen LogP contribution is 2.40. The van der Waals surface area contributed by atoms with Gasteiger partial charge in [0.25, 0.3) is 5.91 Å². The minimum Gasteiger partial charge on any atom is -0.493 e. The first kappa shape index (κ1) is 24.1. The highest BCUT2D eigenvalue weighted by atomic mass is 32.2. The van der Waals surface area contributed by atoms with Crippen LogP contribution in [0.4, 0.5) is 5.69 Å². The Hall–Kier alpha value is -3.57. The fraction of sp³-hybridized carbons (Fsp3) is 0.182. The van der Waals surface area contributed by atoms with E-state index in [2.05, 4.69) is 5.32 Å². The van der Waals surface area contributed by atoms with Gasteiger partial charge >= 0.3 is 5.97 Å². The lowest BCUT2D eigenvalue weighted by Crippen LogP contribution is -2.36. The number of carboxylic acids is 1. The van der Waals surface area contributed by atoms with Gasteiger partial charge < -0.3 is 24.6 Å². The van der Waals surface area contributed by atoms with Crippen molar-refractivity contribution in [3.05, 3.63) is 52.4 Å². The van der Waals surface area contributed by atoms with Crippen molar-refractivity contribution in [1.82, 2.24) is 4.90 Å². The molecule has 1 saturated heterocycles. The summed E-state index contributed by atoms with van der Waals surface area (Å²) in [5, 5.41) is 11.8. The molecule has 2 N–H and O–H groups in total. The molecule has 9 nitrogen and oxygen atoms in total. The molecule has 2 amide bonds. The van der Waals surface area contributed by atoms with Crippen molar-refractivity contribution >= 4 is 57.8 Å². The number of para-hydroxylation sites is 1. The molecule has 1 aliphatic heterocycles. The third kappa shape index (κ3) is 5.26. The van der Waals surface area contributed by atoms with Gasteiger partial charge in [0.2, 0.25) is 11.7 Å².